The van der Waals surface area contributed by atoms with Gasteiger partial charge in [0.25, 0.3) is 0 Å². The first-order chi connectivity index (χ1) is 6.66. The summed E-state index contributed by atoms with van der Waals surface area (Å²) in [4.78, 5) is 0. The van der Waals surface area contributed by atoms with E-state index in [1.807, 2.05) is 0 Å². The molecule has 0 radical (unpaired) electrons. The first-order valence-electron chi connectivity index (χ1n) is 5.72. The Morgan fingerprint density at radius 1 is 1.50 bits per heavy atom. The van der Waals surface area contributed by atoms with Crippen LogP contribution in [0.25, 0.3) is 0 Å². The van der Waals surface area contributed by atoms with E-state index in [4.69, 9.17) is 0 Å². The molecule has 0 spiro atoms. The molecule has 2 nitrogen and oxygen atoms in total. The Hall–Kier alpha value is -0.790. The van der Waals surface area contributed by atoms with Gasteiger partial charge in [-0.15, -0.1) is 0 Å². The van der Waals surface area contributed by atoms with Gasteiger partial charge in [-0.05, 0) is 30.1 Å². The maximum atomic E-state index is 4.45. The van der Waals surface area contributed by atoms with Crippen molar-refractivity contribution in [2.45, 2.75) is 46.0 Å². The number of aromatic amines is 1. The van der Waals surface area contributed by atoms with Gasteiger partial charge in [-0.2, -0.15) is 5.10 Å². The molecular weight excluding hydrogens is 172 g/mol. The molecule has 1 saturated carbocycles. The average Bonchev–Trinajstić information content (AvgIpc) is 2.57. The summed E-state index contributed by atoms with van der Waals surface area (Å²) in [6, 6.07) is 0. The fourth-order valence-electron chi connectivity index (χ4n) is 3.30. The van der Waals surface area contributed by atoms with Gasteiger partial charge < -0.3 is 0 Å². The number of hydrogen-bond donors (Lipinski definition) is 1. The highest BCUT2D eigenvalue weighted by atomic mass is 15.1. The molecule has 1 fully saturated rings. The Bertz CT molecular complexity index is 376. The van der Waals surface area contributed by atoms with Gasteiger partial charge in [-0.1, -0.05) is 27.2 Å². The quantitative estimate of drug-likeness (QED) is 0.763. The molecule has 76 valence electrons. The fraction of sp³-hybridized carbons (Fsp3) is 0.750. The highest BCUT2D eigenvalue weighted by Gasteiger charge is 2.63. The largest absolute Gasteiger partial charge is 0.282 e. The van der Waals surface area contributed by atoms with Crippen LogP contribution in [-0.4, -0.2) is 10.2 Å². The van der Waals surface area contributed by atoms with Crippen LogP contribution in [0.4, 0.5) is 0 Å². The molecule has 0 amide bonds. The van der Waals surface area contributed by atoms with E-state index in [9.17, 15) is 0 Å². The number of hydrogen-bond acceptors (Lipinski definition) is 1. The Morgan fingerprint density at radius 3 is 3.00 bits per heavy atom. The van der Waals surface area contributed by atoms with E-state index < -0.39 is 0 Å². The minimum absolute atomic E-state index is 0.555. The van der Waals surface area contributed by atoms with Crippen LogP contribution in [0.3, 0.4) is 0 Å². The van der Waals surface area contributed by atoms with Crippen LogP contribution in [0.2, 0.25) is 0 Å². The molecule has 1 heterocycles. The summed E-state index contributed by atoms with van der Waals surface area (Å²) in [6.45, 7) is 7.02. The van der Waals surface area contributed by atoms with E-state index in [1.54, 1.807) is 5.56 Å². The molecule has 1 aromatic rings. The monoisotopic (exact) mass is 190 g/mol. The van der Waals surface area contributed by atoms with Crippen LogP contribution in [0.15, 0.2) is 0 Å². The zero-order valence-electron chi connectivity index (χ0n) is 9.22. The minimum atomic E-state index is 0.555. The van der Waals surface area contributed by atoms with Gasteiger partial charge in [0.15, 0.2) is 0 Å². The number of rotatable bonds is 2. The van der Waals surface area contributed by atoms with Crippen LogP contribution in [0.1, 0.15) is 50.1 Å². The predicted octanol–water partition coefficient (Wildman–Crippen LogP) is 2.66. The first kappa shape index (κ1) is 8.51. The lowest BCUT2D eigenvalue weighted by molar-refractivity contribution is 0.537. The number of aromatic nitrogens is 2. The molecule has 2 unspecified atom stereocenters. The summed E-state index contributed by atoms with van der Waals surface area (Å²) < 4.78 is 0. The van der Waals surface area contributed by atoms with E-state index in [1.165, 1.54) is 24.2 Å². The summed E-state index contributed by atoms with van der Waals surface area (Å²) in [5, 5.41) is 7.66. The number of fused-ring (bicyclic) bond motifs is 3. The van der Waals surface area contributed by atoms with E-state index in [-0.39, 0.29) is 0 Å². The van der Waals surface area contributed by atoms with Crippen molar-refractivity contribution in [3.05, 3.63) is 17.0 Å². The molecule has 1 N–H and O–H groups in total. The van der Waals surface area contributed by atoms with E-state index >= 15 is 0 Å². The van der Waals surface area contributed by atoms with Gasteiger partial charge >= 0.3 is 0 Å². The Kier molecular flexibility index (Phi) is 1.47. The molecular formula is C12H18N2. The minimum Gasteiger partial charge on any atom is -0.282 e. The van der Waals surface area contributed by atoms with E-state index in [2.05, 4.69) is 31.0 Å². The van der Waals surface area contributed by atoms with Crippen molar-refractivity contribution in [3.8, 4) is 0 Å². The average molecular weight is 190 g/mol. The Balaban J connectivity index is 1.99. The molecule has 2 atom stereocenters. The lowest BCUT2D eigenvalue weighted by Gasteiger charge is -2.07. The molecule has 1 aromatic heterocycles. The number of aryl methyl sites for hydroxylation is 1. The highest BCUT2D eigenvalue weighted by Crippen LogP contribution is 2.70. The molecule has 0 aromatic carbocycles. The maximum Gasteiger partial charge on any atom is 0.0660 e. The molecule has 2 aliphatic rings. The SMILES string of the molecule is CCCc1n[nH]c2c1C1C(C2)C1(C)C. The van der Waals surface area contributed by atoms with Crippen molar-refractivity contribution in [1.29, 1.82) is 0 Å². The van der Waals surface area contributed by atoms with Crippen molar-refractivity contribution in [2.24, 2.45) is 11.3 Å². The second-order valence-corrected chi connectivity index (χ2v) is 5.42. The molecule has 0 bridgehead atoms. The van der Waals surface area contributed by atoms with Crippen molar-refractivity contribution in [1.82, 2.24) is 10.2 Å². The topological polar surface area (TPSA) is 28.7 Å². The number of H-pyrrole nitrogens is 1. The van der Waals surface area contributed by atoms with Crippen LogP contribution in [-0.2, 0) is 12.8 Å². The van der Waals surface area contributed by atoms with Gasteiger partial charge in [0.2, 0.25) is 0 Å². The number of nitrogens with one attached hydrogen (secondary N) is 1. The van der Waals surface area contributed by atoms with Crippen LogP contribution >= 0.6 is 0 Å². The van der Waals surface area contributed by atoms with Gasteiger partial charge in [0.05, 0.1) is 5.69 Å². The molecule has 3 rings (SSSR count). The van der Waals surface area contributed by atoms with Gasteiger partial charge in [-0.25, -0.2) is 0 Å². The molecule has 0 saturated heterocycles. The van der Waals surface area contributed by atoms with Crippen molar-refractivity contribution in [2.75, 3.05) is 0 Å². The fourth-order valence-corrected chi connectivity index (χ4v) is 3.30. The van der Waals surface area contributed by atoms with Gasteiger partial charge in [0, 0.05) is 11.3 Å². The summed E-state index contributed by atoms with van der Waals surface area (Å²) in [5.74, 6) is 1.72. The zero-order chi connectivity index (χ0) is 9.92. The molecule has 0 aliphatic heterocycles. The summed E-state index contributed by atoms with van der Waals surface area (Å²) >= 11 is 0. The van der Waals surface area contributed by atoms with Crippen LogP contribution < -0.4 is 0 Å². The van der Waals surface area contributed by atoms with E-state index in [0.29, 0.717) is 5.41 Å². The summed E-state index contributed by atoms with van der Waals surface area (Å²) in [5.41, 5.74) is 4.92. The lowest BCUT2D eigenvalue weighted by atomic mass is 9.97. The second kappa shape index (κ2) is 2.41. The standard InChI is InChI=1S/C12H18N2/c1-4-5-8-10-9(14-13-8)6-7-11(10)12(7,2)3/h7,11H,4-6H2,1-3H3,(H,13,14). The number of nitrogens with zero attached hydrogens (tertiary/aromatic N) is 1. The van der Waals surface area contributed by atoms with Crippen molar-refractivity contribution in [3.63, 3.8) is 0 Å². The zero-order valence-corrected chi connectivity index (χ0v) is 9.22. The smallest absolute Gasteiger partial charge is 0.0660 e. The second-order valence-electron chi connectivity index (χ2n) is 5.42. The van der Waals surface area contributed by atoms with Gasteiger partial charge in [-0.3, -0.25) is 5.10 Å². The van der Waals surface area contributed by atoms with Crippen LogP contribution in [0, 0.1) is 11.3 Å². The maximum absolute atomic E-state index is 4.45. The summed E-state index contributed by atoms with van der Waals surface area (Å²) in [6.07, 6.45) is 3.59. The van der Waals surface area contributed by atoms with Crippen molar-refractivity contribution < 1.29 is 0 Å². The molecule has 14 heavy (non-hydrogen) atoms. The molecule has 2 heteroatoms. The Labute approximate surface area is 85.1 Å². The Morgan fingerprint density at radius 2 is 2.29 bits per heavy atom. The normalized spacial score (nSPS) is 31.4. The van der Waals surface area contributed by atoms with Gasteiger partial charge in [0.1, 0.15) is 0 Å². The molecule has 2 aliphatic carbocycles. The third kappa shape index (κ3) is 0.844. The highest BCUT2D eigenvalue weighted by molar-refractivity contribution is 5.45. The van der Waals surface area contributed by atoms with Crippen molar-refractivity contribution >= 4 is 0 Å². The van der Waals surface area contributed by atoms with E-state index in [0.717, 1.165) is 18.3 Å². The summed E-state index contributed by atoms with van der Waals surface area (Å²) in [7, 11) is 0. The third-order valence-corrected chi connectivity index (χ3v) is 4.23. The third-order valence-electron chi connectivity index (χ3n) is 4.23. The lowest BCUT2D eigenvalue weighted by Crippen LogP contribution is -2.00. The first-order valence-corrected chi connectivity index (χ1v) is 5.72. The predicted molar refractivity (Wildman–Crippen MR) is 56.3 cm³/mol. The van der Waals surface area contributed by atoms with Crippen LogP contribution in [0.5, 0.6) is 0 Å².